The molecule has 4 heterocycles. The Labute approximate surface area is 205 Å². The molecule has 174 valence electrons. The van der Waals surface area contributed by atoms with Crippen LogP contribution in [0.4, 0.5) is 4.79 Å². The van der Waals surface area contributed by atoms with Crippen molar-refractivity contribution in [1.82, 2.24) is 14.8 Å². The highest BCUT2D eigenvalue weighted by molar-refractivity contribution is 9.10. The number of rotatable bonds is 2. The number of H-pyrrole nitrogens is 1. The van der Waals surface area contributed by atoms with Gasteiger partial charge in [-0.25, -0.2) is 4.79 Å². The summed E-state index contributed by atoms with van der Waals surface area (Å²) in [5, 5.41) is 1.09. The lowest BCUT2D eigenvalue weighted by Crippen LogP contribution is -2.44. The molecule has 2 fully saturated rings. The van der Waals surface area contributed by atoms with Crippen molar-refractivity contribution in [2.45, 2.75) is 56.7 Å². The van der Waals surface area contributed by atoms with Crippen LogP contribution in [0.15, 0.2) is 40.9 Å². The van der Waals surface area contributed by atoms with E-state index in [1.54, 1.807) is 9.80 Å². The molecule has 3 aromatic rings. The maximum absolute atomic E-state index is 13.9. The molecule has 1 N–H and O–H groups in total. The monoisotopic (exact) mass is 521 g/mol. The SMILES string of the molecule is O=C1C2Cc3c([nH]c4ccc(Br)cc34)C(c3ccc4c(c3)OCO4)N2C(=O)N1C1CCCCC1. The molecule has 3 aliphatic heterocycles. The summed E-state index contributed by atoms with van der Waals surface area (Å²) in [6.07, 6.45) is 5.61. The summed E-state index contributed by atoms with van der Waals surface area (Å²) in [6, 6.07) is 10.9. The van der Waals surface area contributed by atoms with Crippen LogP contribution in [0.1, 0.15) is 55.0 Å². The highest BCUT2D eigenvalue weighted by Gasteiger charge is 2.54. The van der Waals surface area contributed by atoms with Crippen molar-refractivity contribution in [2.75, 3.05) is 6.79 Å². The first-order valence-corrected chi connectivity index (χ1v) is 12.7. The Bertz CT molecular complexity index is 1350. The van der Waals surface area contributed by atoms with Crippen LogP contribution in [-0.2, 0) is 11.2 Å². The van der Waals surface area contributed by atoms with E-state index in [-0.39, 0.29) is 24.8 Å². The van der Waals surface area contributed by atoms with Crippen molar-refractivity contribution in [3.8, 4) is 11.5 Å². The molecular formula is C26H24BrN3O4. The molecule has 1 saturated carbocycles. The van der Waals surface area contributed by atoms with Crippen LogP contribution >= 0.6 is 15.9 Å². The number of carbonyl (C=O) groups excluding carboxylic acids is 2. The first kappa shape index (κ1) is 20.4. The van der Waals surface area contributed by atoms with Gasteiger partial charge in [0, 0.05) is 33.5 Å². The van der Waals surface area contributed by atoms with E-state index < -0.39 is 12.1 Å². The van der Waals surface area contributed by atoms with Gasteiger partial charge in [0.1, 0.15) is 12.1 Å². The molecular weight excluding hydrogens is 498 g/mol. The van der Waals surface area contributed by atoms with Gasteiger partial charge in [-0.15, -0.1) is 0 Å². The lowest BCUT2D eigenvalue weighted by Gasteiger charge is -2.36. The van der Waals surface area contributed by atoms with Gasteiger partial charge in [-0.2, -0.15) is 0 Å². The third-order valence-electron chi connectivity index (χ3n) is 7.79. The normalized spacial score (nSPS) is 24.1. The zero-order valence-electron chi connectivity index (χ0n) is 18.6. The fourth-order valence-corrected chi connectivity index (χ4v) is 6.58. The predicted molar refractivity (Wildman–Crippen MR) is 129 cm³/mol. The van der Waals surface area contributed by atoms with Crippen LogP contribution in [0.3, 0.4) is 0 Å². The van der Waals surface area contributed by atoms with Crippen LogP contribution in [-0.4, -0.2) is 45.6 Å². The summed E-state index contributed by atoms with van der Waals surface area (Å²) < 4.78 is 12.2. The fourth-order valence-electron chi connectivity index (χ4n) is 6.22. The first-order valence-electron chi connectivity index (χ1n) is 11.9. The van der Waals surface area contributed by atoms with E-state index in [0.717, 1.165) is 57.9 Å². The zero-order chi connectivity index (χ0) is 23.0. The van der Waals surface area contributed by atoms with Crippen LogP contribution in [0.5, 0.6) is 11.5 Å². The second-order valence-corrected chi connectivity index (χ2v) is 10.5. The summed E-state index contributed by atoms with van der Waals surface area (Å²) in [7, 11) is 0. The number of hydrogen-bond acceptors (Lipinski definition) is 4. The second-order valence-electron chi connectivity index (χ2n) is 9.63. The molecule has 34 heavy (non-hydrogen) atoms. The van der Waals surface area contributed by atoms with Crippen LogP contribution in [0, 0.1) is 0 Å². The Kier molecular flexibility index (Phi) is 4.50. The number of aromatic nitrogens is 1. The molecule has 2 unspecified atom stereocenters. The third-order valence-corrected chi connectivity index (χ3v) is 8.28. The van der Waals surface area contributed by atoms with E-state index in [0.29, 0.717) is 17.9 Å². The number of benzene rings is 2. The minimum atomic E-state index is -0.504. The van der Waals surface area contributed by atoms with E-state index in [9.17, 15) is 9.59 Å². The molecule has 8 heteroatoms. The number of amides is 3. The van der Waals surface area contributed by atoms with Gasteiger partial charge < -0.3 is 14.5 Å². The van der Waals surface area contributed by atoms with Gasteiger partial charge in [0.2, 0.25) is 6.79 Å². The average molecular weight is 522 g/mol. The van der Waals surface area contributed by atoms with Gasteiger partial charge in [-0.3, -0.25) is 14.6 Å². The number of urea groups is 1. The highest BCUT2D eigenvalue weighted by atomic mass is 79.9. The number of imide groups is 1. The molecule has 0 spiro atoms. The van der Waals surface area contributed by atoms with Crippen molar-refractivity contribution in [3.63, 3.8) is 0 Å². The summed E-state index contributed by atoms with van der Waals surface area (Å²) in [5.74, 6) is 1.31. The number of aromatic amines is 1. The molecule has 7 nitrogen and oxygen atoms in total. The van der Waals surface area contributed by atoms with Crippen LogP contribution in [0.25, 0.3) is 10.9 Å². The van der Waals surface area contributed by atoms with Crippen LogP contribution in [0.2, 0.25) is 0 Å². The van der Waals surface area contributed by atoms with Gasteiger partial charge in [-0.1, -0.05) is 41.3 Å². The van der Waals surface area contributed by atoms with Gasteiger partial charge in [0.25, 0.3) is 5.91 Å². The molecule has 1 aliphatic carbocycles. The molecule has 7 rings (SSSR count). The van der Waals surface area contributed by atoms with Crippen LogP contribution < -0.4 is 9.47 Å². The quantitative estimate of drug-likeness (QED) is 0.466. The zero-order valence-corrected chi connectivity index (χ0v) is 20.1. The van der Waals surface area contributed by atoms with Crippen molar-refractivity contribution in [3.05, 3.63) is 57.7 Å². The van der Waals surface area contributed by atoms with Crippen molar-refractivity contribution >= 4 is 38.8 Å². The largest absolute Gasteiger partial charge is 0.454 e. The van der Waals surface area contributed by atoms with E-state index in [1.165, 1.54) is 6.42 Å². The number of nitrogens with zero attached hydrogens (tertiary/aromatic N) is 2. The molecule has 1 aromatic heterocycles. The third kappa shape index (κ3) is 2.87. The van der Waals surface area contributed by atoms with Crippen molar-refractivity contribution in [1.29, 1.82) is 0 Å². The Morgan fingerprint density at radius 3 is 2.65 bits per heavy atom. The van der Waals surface area contributed by atoms with Crippen molar-refractivity contribution < 1.29 is 19.1 Å². The van der Waals surface area contributed by atoms with Crippen molar-refractivity contribution in [2.24, 2.45) is 0 Å². The standard InChI is InChI=1S/C26H24BrN3O4/c27-15-7-8-19-17(11-15)18-12-20-25(31)29(16-4-2-1-3-5-16)26(32)30(20)24(23(18)28-19)14-6-9-21-22(10-14)34-13-33-21/h6-11,16,20,24,28H,1-5,12-13H2. The Morgan fingerprint density at radius 1 is 0.971 bits per heavy atom. The van der Waals surface area contributed by atoms with Gasteiger partial charge in [0.15, 0.2) is 11.5 Å². The molecule has 4 aliphatic rings. The molecule has 1 saturated heterocycles. The van der Waals surface area contributed by atoms with E-state index in [1.807, 2.05) is 30.3 Å². The fraction of sp³-hybridized carbons (Fsp3) is 0.385. The number of halogens is 1. The highest BCUT2D eigenvalue weighted by Crippen LogP contribution is 2.47. The molecule has 0 radical (unpaired) electrons. The topological polar surface area (TPSA) is 74.9 Å². The number of fused-ring (bicyclic) bond motifs is 5. The molecule has 3 amide bonds. The summed E-state index contributed by atoms with van der Waals surface area (Å²) in [4.78, 5) is 34.6. The van der Waals surface area contributed by atoms with E-state index in [4.69, 9.17) is 9.47 Å². The Morgan fingerprint density at radius 2 is 1.79 bits per heavy atom. The number of ether oxygens (including phenoxy) is 2. The summed E-state index contributed by atoms with van der Waals surface area (Å²) in [5.41, 5.74) is 3.98. The average Bonchev–Trinajstić information content (AvgIpc) is 3.53. The lowest BCUT2D eigenvalue weighted by molar-refractivity contribution is -0.130. The molecule has 2 aromatic carbocycles. The lowest BCUT2D eigenvalue weighted by atomic mass is 9.88. The second kappa shape index (κ2) is 7.50. The molecule has 0 bridgehead atoms. The van der Waals surface area contributed by atoms with Gasteiger partial charge >= 0.3 is 6.03 Å². The number of nitrogens with one attached hydrogen (secondary N) is 1. The number of carbonyl (C=O) groups is 2. The van der Waals surface area contributed by atoms with E-state index >= 15 is 0 Å². The summed E-state index contributed by atoms with van der Waals surface area (Å²) in [6.45, 7) is 0.189. The van der Waals surface area contributed by atoms with Gasteiger partial charge in [-0.05, 0) is 54.3 Å². The predicted octanol–water partition coefficient (Wildman–Crippen LogP) is 5.27. The minimum Gasteiger partial charge on any atom is -0.454 e. The first-order chi connectivity index (χ1) is 16.6. The minimum absolute atomic E-state index is 0.000911. The maximum Gasteiger partial charge on any atom is 0.328 e. The van der Waals surface area contributed by atoms with E-state index in [2.05, 4.69) is 27.0 Å². The van der Waals surface area contributed by atoms with Gasteiger partial charge in [0.05, 0.1) is 0 Å². The smallest absolute Gasteiger partial charge is 0.328 e. The number of hydrogen-bond donors (Lipinski definition) is 1. The molecule has 2 atom stereocenters. The Hall–Kier alpha value is -3.00. The Balaban J connectivity index is 1.40. The summed E-state index contributed by atoms with van der Waals surface area (Å²) >= 11 is 3.59. The maximum atomic E-state index is 13.9.